The van der Waals surface area contributed by atoms with Crippen molar-refractivity contribution >= 4 is 26.7 Å². The number of hydrogen-bond donors (Lipinski definition) is 1. The molecule has 0 saturated carbocycles. The van der Waals surface area contributed by atoms with E-state index < -0.39 is 15.9 Å². The van der Waals surface area contributed by atoms with E-state index in [4.69, 9.17) is 4.74 Å². The van der Waals surface area contributed by atoms with Gasteiger partial charge in [0.15, 0.2) is 0 Å². The van der Waals surface area contributed by atoms with Crippen LogP contribution in [0, 0.1) is 0 Å². The van der Waals surface area contributed by atoms with E-state index in [1.807, 2.05) is 24.3 Å². The first-order valence-corrected chi connectivity index (χ1v) is 9.19. The van der Waals surface area contributed by atoms with Crippen LogP contribution >= 0.6 is 0 Å². The van der Waals surface area contributed by atoms with Gasteiger partial charge in [0.2, 0.25) is 5.91 Å². The van der Waals surface area contributed by atoms with Crippen LogP contribution in [0.2, 0.25) is 0 Å². The van der Waals surface area contributed by atoms with Gasteiger partial charge in [0.1, 0.15) is 0 Å². The van der Waals surface area contributed by atoms with Crippen LogP contribution in [0.25, 0.3) is 10.8 Å². The van der Waals surface area contributed by atoms with E-state index in [9.17, 15) is 13.2 Å². The molecule has 0 unspecified atom stereocenters. The van der Waals surface area contributed by atoms with Crippen molar-refractivity contribution in [3.8, 4) is 0 Å². The molecule has 1 N–H and O–H groups in total. The van der Waals surface area contributed by atoms with Crippen molar-refractivity contribution in [3.63, 3.8) is 0 Å². The van der Waals surface area contributed by atoms with E-state index in [1.54, 1.807) is 12.1 Å². The molecule has 6 heteroatoms. The molecule has 1 fully saturated rings. The third-order valence-corrected chi connectivity index (χ3v) is 5.37. The summed E-state index contributed by atoms with van der Waals surface area (Å²) in [5, 5.41) is 1.78. The average molecular weight is 333 g/mol. The molecule has 1 saturated heterocycles. The highest BCUT2D eigenvalue weighted by atomic mass is 32.2. The van der Waals surface area contributed by atoms with Crippen molar-refractivity contribution in [2.75, 3.05) is 6.61 Å². The number of hydrogen-bond acceptors (Lipinski definition) is 4. The lowest BCUT2D eigenvalue weighted by Crippen LogP contribution is -2.31. The minimum absolute atomic E-state index is 0.0733. The molecule has 122 valence electrons. The lowest BCUT2D eigenvalue weighted by molar-refractivity contribution is -0.119. The van der Waals surface area contributed by atoms with Crippen LogP contribution in [-0.2, 0) is 19.6 Å². The average Bonchev–Trinajstić information content (AvgIpc) is 3.05. The predicted molar refractivity (Wildman–Crippen MR) is 87.5 cm³/mol. The molecule has 1 amide bonds. The fraction of sp³-hybridized carbons (Fsp3) is 0.353. The van der Waals surface area contributed by atoms with E-state index in [0.29, 0.717) is 6.42 Å². The molecule has 0 spiro atoms. The number of nitrogens with one attached hydrogen (secondary N) is 1. The second-order valence-electron chi connectivity index (χ2n) is 5.71. The monoisotopic (exact) mass is 333 g/mol. The zero-order valence-electron chi connectivity index (χ0n) is 12.7. The second-order valence-corrected chi connectivity index (χ2v) is 7.39. The Kier molecular flexibility index (Phi) is 4.63. The lowest BCUT2D eigenvalue weighted by atomic mass is 10.1. The quantitative estimate of drug-likeness (QED) is 0.913. The van der Waals surface area contributed by atoms with Gasteiger partial charge in [-0.3, -0.25) is 4.79 Å². The van der Waals surface area contributed by atoms with Gasteiger partial charge in [-0.25, -0.2) is 13.1 Å². The Morgan fingerprint density at radius 2 is 1.96 bits per heavy atom. The molecule has 0 aromatic heterocycles. The van der Waals surface area contributed by atoms with Gasteiger partial charge in [-0.05, 0) is 42.2 Å². The predicted octanol–water partition coefficient (Wildman–Crippen LogP) is 2.60. The topological polar surface area (TPSA) is 72.5 Å². The molecule has 1 aliphatic rings. The summed E-state index contributed by atoms with van der Waals surface area (Å²) in [7, 11) is -3.84. The number of sulfonamides is 1. The van der Waals surface area contributed by atoms with Crippen LogP contribution < -0.4 is 4.72 Å². The largest absolute Gasteiger partial charge is 0.378 e. The fourth-order valence-electron chi connectivity index (χ4n) is 2.76. The van der Waals surface area contributed by atoms with E-state index in [2.05, 4.69) is 4.72 Å². The molecule has 1 heterocycles. The Balaban J connectivity index is 1.68. The summed E-state index contributed by atoms with van der Waals surface area (Å²) < 4.78 is 32.2. The van der Waals surface area contributed by atoms with Crippen LogP contribution in [0.5, 0.6) is 0 Å². The number of benzene rings is 2. The van der Waals surface area contributed by atoms with Gasteiger partial charge in [-0.1, -0.05) is 30.3 Å². The van der Waals surface area contributed by atoms with E-state index in [-0.39, 0.29) is 17.4 Å². The Labute approximate surface area is 135 Å². The minimum Gasteiger partial charge on any atom is -0.378 e. The maximum Gasteiger partial charge on any atom is 0.264 e. The Bertz CT molecular complexity index is 810. The van der Waals surface area contributed by atoms with E-state index in [0.717, 1.165) is 30.2 Å². The minimum atomic E-state index is -3.84. The van der Waals surface area contributed by atoms with Crippen molar-refractivity contribution < 1.29 is 17.9 Å². The maximum atomic E-state index is 12.3. The lowest BCUT2D eigenvalue weighted by Gasteiger charge is -2.10. The zero-order chi connectivity index (χ0) is 16.3. The van der Waals surface area contributed by atoms with Crippen molar-refractivity contribution in [2.45, 2.75) is 36.7 Å². The van der Waals surface area contributed by atoms with Crippen LogP contribution in [-0.4, -0.2) is 27.0 Å². The summed E-state index contributed by atoms with van der Waals surface area (Å²) in [6, 6.07) is 12.3. The van der Waals surface area contributed by atoms with Crippen LogP contribution in [0.3, 0.4) is 0 Å². The molecule has 5 nitrogen and oxygen atoms in total. The molecular formula is C17H19NO4S. The zero-order valence-corrected chi connectivity index (χ0v) is 13.5. The summed E-state index contributed by atoms with van der Waals surface area (Å²) in [5.74, 6) is -0.492. The molecule has 0 radical (unpaired) electrons. The highest BCUT2D eigenvalue weighted by molar-refractivity contribution is 7.90. The summed E-state index contributed by atoms with van der Waals surface area (Å²) in [4.78, 5) is 12.0. The first-order valence-electron chi connectivity index (χ1n) is 7.71. The smallest absolute Gasteiger partial charge is 0.264 e. The van der Waals surface area contributed by atoms with Gasteiger partial charge < -0.3 is 4.74 Å². The van der Waals surface area contributed by atoms with E-state index in [1.165, 1.54) is 6.07 Å². The summed E-state index contributed by atoms with van der Waals surface area (Å²) in [5.41, 5.74) is 0. The van der Waals surface area contributed by atoms with Gasteiger partial charge in [-0.15, -0.1) is 0 Å². The van der Waals surface area contributed by atoms with Gasteiger partial charge >= 0.3 is 0 Å². The molecule has 0 bridgehead atoms. The number of fused-ring (bicyclic) bond motifs is 1. The van der Waals surface area contributed by atoms with Crippen molar-refractivity contribution in [1.82, 2.24) is 4.72 Å². The molecule has 2 aromatic rings. The molecule has 1 aliphatic heterocycles. The van der Waals surface area contributed by atoms with Crippen LogP contribution in [0.15, 0.2) is 47.4 Å². The molecule has 23 heavy (non-hydrogen) atoms. The molecular weight excluding hydrogens is 314 g/mol. The van der Waals surface area contributed by atoms with E-state index >= 15 is 0 Å². The SMILES string of the molecule is O=C(CC[C@@H]1CCCO1)NS(=O)(=O)c1ccc2ccccc2c1. The third-order valence-electron chi connectivity index (χ3n) is 4.00. The fourth-order valence-corrected chi connectivity index (χ4v) is 3.81. The Hall–Kier alpha value is -1.92. The number of carbonyl (C=O) groups is 1. The summed E-state index contributed by atoms with van der Waals surface area (Å²) in [6.07, 6.45) is 2.72. The number of ether oxygens (including phenoxy) is 1. The Morgan fingerprint density at radius 3 is 2.70 bits per heavy atom. The maximum absolute atomic E-state index is 12.3. The molecule has 2 aromatic carbocycles. The normalized spacial score (nSPS) is 18.2. The second kappa shape index (κ2) is 6.68. The number of carbonyl (C=O) groups excluding carboxylic acids is 1. The van der Waals surface area contributed by atoms with Crippen molar-refractivity contribution in [1.29, 1.82) is 0 Å². The molecule has 0 aliphatic carbocycles. The highest BCUT2D eigenvalue weighted by Crippen LogP contribution is 2.20. The Morgan fingerprint density at radius 1 is 1.17 bits per heavy atom. The van der Waals surface area contributed by atoms with Gasteiger partial charge in [0.25, 0.3) is 10.0 Å². The first kappa shape index (κ1) is 16.0. The first-order chi connectivity index (χ1) is 11.0. The summed E-state index contributed by atoms with van der Waals surface area (Å²) >= 11 is 0. The summed E-state index contributed by atoms with van der Waals surface area (Å²) in [6.45, 7) is 0.724. The number of rotatable bonds is 5. The standard InChI is InChI=1S/C17H19NO4S/c19-17(10-8-15-6-3-11-22-15)18-23(20,21)16-9-7-13-4-1-2-5-14(13)12-16/h1-2,4-5,7,9,12,15H,3,6,8,10-11H2,(H,18,19)/t15-/m0/s1. The highest BCUT2D eigenvalue weighted by Gasteiger charge is 2.20. The van der Waals surface area contributed by atoms with Gasteiger partial charge in [0, 0.05) is 13.0 Å². The van der Waals surface area contributed by atoms with Crippen LogP contribution in [0.4, 0.5) is 0 Å². The molecule has 3 rings (SSSR count). The molecule has 1 atom stereocenters. The van der Waals surface area contributed by atoms with Crippen LogP contribution in [0.1, 0.15) is 25.7 Å². The van der Waals surface area contributed by atoms with Gasteiger partial charge in [-0.2, -0.15) is 0 Å². The third kappa shape index (κ3) is 3.89. The van der Waals surface area contributed by atoms with Crippen molar-refractivity contribution in [2.24, 2.45) is 0 Å². The van der Waals surface area contributed by atoms with Crippen molar-refractivity contribution in [3.05, 3.63) is 42.5 Å². The number of amides is 1. The van der Waals surface area contributed by atoms with Gasteiger partial charge in [0.05, 0.1) is 11.0 Å².